The average Bonchev–Trinajstić information content (AvgIpc) is 3.61. The molecule has 2 aromatic heterocycles. The van der Waals surface area contributed by atoms with Gasteiger partial charge >= 0.3 is 0 Å². The Hall–Kier alpha value is -3.75. The summed E-state index contributed by atoms with van der Waals surface area (Å²) in [5.74, 6) is 0.439. The Morgan fingerprint density at radius 2 is 1.92 bits per heavy atom. The van der Waals surface area contributed by atoms with Crippen LogP contribution in [0.1, 0.15) is 34.6 Å². The minimum absolute atomic E-state index is 0.0702. The fraction of sp³-hybridized carbons (Fsp3) is 0.276. The van der Waals surface area contributed by atoms with E-state index in [1.165, 1.54) is 23.4 Å². The summed E-state index contributed by atoms with van der Waals surface area (Å²) in [6.07, 6.45) is 2.91. The topological polar surface area (TPSA) is 73.4 Å². The predicted molar refractivity (Wildman–Crippen MR) is 152 cm³/mol. The van der Waals surface area contributed by atoms with Crippen molar-refractivity contribution in [2.75, 3.05) is 37.4 Å². The molecule has 2 unspecified atom stereocenters. The first-order chi connectivity index (χ1) is 18.0. The molecule has 3 heterocycles. The van der Waals surface area contributed by atoms with Crippen molar-refractivity contribution in [2.24, 2.45) is 0 Å². The molecule has 0 radical (unpaired) electrons. The average molecular weight is 513 g/mol. The third-order valence-corrected chi connectivity index (χ3v) is 7.85. The van der Waals surface area contributed by atoms with Crippen LogP contribution in [0.3, 0.4) is 0 Å². The molecule has 2 aromatic carbocycles. The number of likely N-dealkylation sites (N-methyl/N-ethyl adjacent to an activating group) is 1. The summed E-state index contributed by atoms with van der Waals surface area (Å²) >= 11 is 1.43. The number of rotatable bonds is 8. The zero-order valence-electron chi connectivity index (χ0n) is 21.4. The van der Waals surface area contributed by atoms with Gasteiger partial charge < -0.3 is 20.4 Å². The third-order valence-electron chi connectivity index (χ3n) is 6.75. The molecule has 7 nitrogen and oxygen atoms in total. The van der Waals surface area contributed by atoms with Gasteiger partial charge in [-0.15, -0.1) is 11.3 Å². The number of benzene rings is 2. The molecule has 1 amide bonds. The maximum atomic E-state index is 12.8. The van der Waals surface area contributed by atoms with Gasteiger partial charge in [-0.2, -0.15) is 0 Å². The lowest BCUT2D eigenvalue weighted by molar-refractivity contribution is 0.0944. The minimum Gasteiger partial charge on any atom is -0.370 e. The highest BCUT2D eigenvalue weighted by molar-refractivity contribution is 7.17. The van der Waals surface area contributed by atoms with Gasteiger partial charge in [-0.1, -0.05) is 36.4 Å². The van der Waals surface area contributed by atoms with Gasteiger partial charge in [0, 0.05) is 36.7 Å². The van der Waals surface area contributed by atoms with Crippen LogP contribution in [0.5, 0.6) is 0 Å². The van der Waals surface area contributed by atoms with E-state index in [4.69, 9.17) is 4.98 Å². The van der Waals surface area contributed by atoms with Gasteiger partial charge in [-0.3, -0.25) is 4.79 Å². The zero-order chi connectivity index (χ0) is 25.8. The number of anilines is 3. The Balaban J connectivity index is 1.26. The molecule has 0 saturated carbocycles. The van der Waals surface area contributed by atoms with Crippen LogP contribution in [-0.4, -0.2) is 54.0 Å². The van der Waals surface area contributed by atoms with Crippen molar-refractivity contribution in [2.45, 2.75) is 25.4 Å². The Labute approximate surface area is 222 Å². The van der Waals surface area contributed by atoms with E-state index in [9.17, 15) is 4.79 Å². The summed E-state index contributed by atoms with van der Waals surface area (Å²) in [6.45, 7) is 4.07. The predicted octanol–water partition coefficient (Wildman–Crippen LogP) is 5.58. The SMILES string of the molecule is CC(NC(=O)c1ccc(-c2ccnc(Nc3cccc(N4CCC(N(C)C)C4)c3)n2)s1)c1ccccc1. The van der Waals surface area contributed by atoms with Gasteiger partial charge in [0.2, 0.25) is 5.95 Å². The molecule has 1 aliphatic heterocycles. The van der Waals surface area contributed by atoms with E-state index in [1.54, 1.807) is 6.20 Å². The summed E-state index contributed by atoms with van der Waals surface area (Å²) in [6, 6.07) is 24.5. The first-order valence-corrected chi connectivity index (χ1v) is 13.4. The normalized spacial score (nSPS) is 16.1. The second kappa shape index (κ2) is 11.1. The van der Waals surface area contributed by atoms with Gasteiger partial charge in [-0.25, -0.2) is 9.97 Å². The molecule has 1 aliphatic rings. The van der Waals surface area contributed by atoms with Crippen LogP contribution < -0.4 is 15.5 Å². The monoisotopic (exact) mass is 512 g/mol. The fourth-order valence-corrected chi connectivity index (χ4v) is 5.43. The second-order valence-electron chi connectivity index (χ2n) is 9.56. The highest BCUT2D eigenvalue weighted by Gasteiger charge is 2.24. The van der Waals surface area contributed by atoms with E-state index in [-0.39, 0.29) is 11.9 Å². The molecular formula is C29H32N6OS. The van der Waals surface area contributed by atoms with E-state index >= 15 is 0 Å². The fourth-order valence-electron chi connectivity index (χ4n) is 4.55. The maximum absolute atomic E-state index is 12.8. The molecule has 8 heteroatoms. The third kappa shape index (κ3) is 5.98. The van der Waals surface area contributed by atoms with Crippen molar-refractivity contribution in [1.29, 1.82) is 0 Å². The highest BCUT2D eigenvalue weighted by atomic mass is 32.1. The molecule has 2 atom stereocenters. The molecule has 4 aromatic rings. The van der Waals surface area contributed by atoms with E-state index < -0.39 is 0 Å². The number of aromatic nitrogens is 2. The van der Waals surface area contributed by atoms with Crippen molar-refractivity contribution in [1.82, 2.24) is 20.2 Å². The van der Waals surface area contributed by atoms with Gasteiger partial charge in [0.05, 0.1) is 21.5 Å². The number of hydrogen-bond donors (Lipinski definition) is 2. The Kier molecular flexibility index (Phi) is 7.48. The lowest BCUT2D eigenvalue weighted by atomic mass is 10.1. The molecule has 190 valence electrons. The van der Waals surface area contributed by atoms with Crippen molar-refractivity contribution in [3.8, 4) is 10.6 Å². The lowest BCUT2D eigenvalue weighted by Crippen LogP contribution is -2.31. The number of hydrogen-bond acceptors (Lipinski definition) is 7. The van der Waals surface area contributed by atoms with Crippen molar-refractivity contribution in [3.05, 3.63) is 89.4 Å². The second-order valence-corrected chi connectivity index (χ2v) is 10.6. The number of thiophene rings is 1. The van der Waals surface area contributed by atoms with Crippen LogP contribution >= 0.6 is 11.3 Å². The van der Waals surface area contributed by atoms with Crippen LogP contribution in [-0.2, 0) is 0 Å². The van der Waals surface area contributed by atoms with Crippen molar-refractivity contribution < 1.29 is 4.79 Å². The Morgan fingerprint density at radius 3 is 2.70 bits per heavy atom. The van der Waals surface area contributed by atoms with Gasteiger partial charge in [0.1, 0.15) is 0 Å². The molecule has 0 spiro atoms. The summed E-state index contributed by atoms with van der Waals surface area (Å²) in [5, 5.41) is 6.43. The summed E-state index contributed by atoms with van der Waals surface area (Å²) < 4.78 is 0. The molecule has 37 heavy (non-hydrogen) atoms. The van der Waals surface area contributed by atoms with Gasteiger partial charge in [0.25, 0.3) is 5.91 Å². The minimum atomic E-state index is -0.0877. The van der Waals surface area contributed by atoms with Crippen molar-refractivity contribution >= 4 is 34.6 Å². The number of nitrogens with zero attached hydrogens (tertiary/aromatic N) is 4. The van der Waals surface area contributed by atoms with Gasteiger partial charge in [0.15, 0.2) is 0 Å². The number of nitrogens with one attached hydrogen (secondary N) is 2. The molecule has 5 rings (SSSR count). The number of amides is 1. The molecule has 1 fully saturated rings. The largest absolute Gasteiger partial charge is 0.370 e. The number of carbonyl (C=O) groups excluding carboxylic acids is 1. The summed E-state index contributed by atoms with van der Waals surface area (Å²) in [7, 11) is 4.29. The van der Waals surface area contributed by atoms with E-state index in [0.29, 0.717) is 16.9 Å². The molecular weight excluding hydrogens is 480 g/mol. The zero-order valence-corrected chi connectivity index (χ0v) is 22.2. The van der Waals surface area contributed by atoms with E-state index in [1.807, 2.05) is 61.5 Å². The Morgan fingerprint density at radius 1 is 1.08 bits per heavy atom. The lowest BCUT2D eigenvalue weighted by Gasteiger charge is -2.22. The molecule has 2 N–H and O–H groups in total. The quantitative estimate of drug-likeness (QED) is 0.321. The van der Waals surface area contributed by atoms with Crippen molar-refractivity contribution in [3.63, 3.8) is 0 Å². The number of carbonyl (C=O) groups is 1. The van der Waals surface area contributed by atoms with Crippen LogP contribution in [0, 0.1) is 0 Å². The Bertz CT molecular complexity index is 1360. The van der Waals surface area contributed by atoms with E-state index in [2.05, 4.69) is 57.7 Å². The highest BCUT2D eigenvalue weighted by Crippen LogP contribution is 2.29. The summed E-state index contributed by atoms with van der Waals surface area (Å²) in [4.78, 5) is 28.3. The van der Waals surface area contributed by atoms with E-state index in [0.717, 1.165) is 34.9 Å². The molecule has 0 bridgehead atoms. The van der Waals surface area contributed by atoms with Crippen LogP contribution in [0.15, 0.2) is 79.0 Å². The van der Waals surface area contributed by atoms with Crippen LogP contribution in [0.2, 0.25) is 0 Å². The first kappa shape index (κ1) is 24.9. The van der Waals surface area contributed by atoms with Crippen LogP contribution in [0.4, 0.5) is 17.3 Å². The van der Waals surface area contributed by atoms with Gasteiger partial charge in [-0.05, 0) is 69.4 Å². The first-order valence-electron chi connectivity index (χ1n) is 12.5. The smallest absolute Gasteiger partial charge is 0.261 e. The molecule has 1 saturated heterocycles. The maximum Gasteiger partial charge on any atom is 0.261 e. The van der Waals surface area contributed by atoms with Crippen LogP contribution in [0.25, 0.3) is 10.6 Å². The molecule has 0 aliphatic carbocycles. The standard InChI is InChI=1S/C29H32N6OS/c1-20(21-8-5-4-6-9-21)31-28(36)27-13-12-26(37-27)25-14-16-30-29(33-25)32-22-10-7-11-23(18-22)35-17-15-24(19-35)34(2)3/h4-14,16,18,20,24H,15,17,19H2,1-3H3,(H,31,36)(H,30,32,33). The summed E-state index contributed by atoms with van der Waals surface area (Å²) in [5.41, 5.74) is 4.00.